The van der Waals surface area contributed by atoms with Crippen molar-refractivity contribution < 1.29 is 9.47 Å². The molecular formula is C19H24N2O2S. The van der Waals surface area contributed by atoms with Gasteiger partial charge in [-0.25, -0.2) is 0 Å². The van der Waals surface area contributed by atoms with Crippen LogP contribution in [0.4, 0.5) is 0 Å². The molecule has 4 rings (SSSR count). The molecule has 0 N–H and O–H groups in total. The summed E-state index contributed by atoms with van der Waals surface area (Å²) in [5.74, 6) is 0. The quantitative estimate of drug-likeness (QED) is 0.833. The van der Waals surface area contributed by atoms with Gasteiger partial charge in [0.05, 0.1) is 25.4 Å². The highest BCUT2D eigenvalue weighted by atomic mass is 32.1. The molecule has 2 aliphatic rings. The zero-order chi connectivity index (χ0) is 16.4. The smallest absolute Gasteiger partial charge is 0.0995 e. The van der Waals surface area contributed by atoms with E-state index in [1.807, 2.05) is 23.6 Å². The molecule has 0 radical (unpaired) electrons. The Bertz CT molecular complexity index is 660. The normalized spacial score (nSPS) is 27.3. The lowest BCUT2D eigenvalue weighted by Gasteiger charge is -2.30. The summed E-state index contributed by atoms with van der Waals surface area (Å²) in [5, 5.41) is 0. The second-order valence-electron chi connectivity index (χ2n) is 6.67. The monoisotopic (exact) mass is 344 g/mol. The van der Waals surface area contributed by atoms with E-state index in [0.717, 1.165) is 38.1 Å². The molecule has 3 heterocycles. The number of ether oxygens (including phenoxy) is 2. The minimum Gasteiger partial charge on any atom is -0.374 e. The Kier molecular flexibility index (Phi) is 4.94. The lowest BCUT2D eigenvalue weighted by Crippen LogP contribution is -2.42. The Morgan fingerprint density at radius 2 is 2.29 bits per heavy atom. The lowest BCUT2D eigenvalue weighted by molar-refractivity contribution is -0.0614. The van der Waals surface area contributed by atoms with Gasteiger partial charge in [-0.05, 0) is 43.5 Å². The van der Waals surface area contributed by atoms with E-state index in [4.69, 9.17) is 9.47 Å². The van der Waals surface area contributed by atoms with Gasteiger partial charge in [-0.1, -0.05) is 6.07 Å². The SMILES string of the molecule is Cc1ccc(CN2CCO[C@H]3CC[C@H]2[C@H]3OCc2cccnc2)s1. The zero-order valence-electron chi connectivity index (χ0n) is 14.1. The van der Waals surface area contributed by atoms with E-state index in [1.165, 1.54) is 9.75 Å². The number of hydrogen-bond donors (Lipinski definition) is 0. The van der Waals surface area contributed by atoms with Crippen LogP contribution in [-0.4, -0.2) is 41.3 Å². The summed E-state index contributed by atoms with van der Waals surface area (Å²) in [6.07, 6.45) is 6.34. The van der Waals surface area contributed by atoms with E-state index in [2.05, 4.69) is 35.0 Å². The fourth-order valence-corrected chi connectivity index (χ4v) is 4.74. The number of fused-ring (bicyclic) bond motifs is 2. The maximum atomic E-state index is 6.31. The van der Waals surface area contributed by atoms with Crippen molar-refractivity contribution in [1.82, 2.24) is 9.88 Å². The summed E-state index contributed by atoms with van der Waals surface area (Å²) in [6, 6.07) is 8.95. The molecule has 0 aromatic carbocycles. The fourth-order valence-electron chi connectivity index (χ4n) is 3.83. The van der Waals surface area contributed by atoms with Crippen molar-refractivity contribution in [3.05, 3.63) is 52.0 Å². The highest BCUT2D eigenvalue weighted by Crippen LogP contribution is 2.34. The molecule has 1 aliphatic heterocycles. The minimum absolute atomic E-state index is 0.161. The number of aryl methyl sites for hydroxylation is 1. The van der Waals surface area contributed by atoms with Crippen LogP contribution < -0.4 is 0 Å². The fraction of sp³-hybridized carbons (Fsp3) is 0.526. The Morgan fingerprint density at radius 3 is 3.08 bits per heavy atom. The van der Waals surface area contributed by atoms with Crippen molar-refractivity contribution in [2.45, 2.75) is 51.2 Å². The topological polar surface area (TPSA) is 34.6 Å². The average Bonchev–Trinajstić information content (AvgIpc) is 3.13. The van der Waals surface area contributed by atoms with Gasteiger partial charge >= 0.3 is 0 Å². The number of hydrogen-bond acceptors (Lipinski definition) is 5. The zero-order valence-corrected chi connectivity index (χ0v) is 14.9. The molecule has 3 atom stereocenters. The highest BCUT2D eigenvalue weighted by Gasteiger charge is 2.43. The first kappa shape index (κ1) is 16.2. The molecule has 24 heavy (non-hydrogen) atoms. The van der Waals surface area contributed by atoms with Gasteiger partial charge in [-0.3, -0.25) is 9.88 Å². The van der Waals surface area contributed by atoms with Crippen molar-refractivity contribution in [3.63, 3.8) is 0 Å². The van der Waals surface area contributed by atoms with Crippen LogP contribution in [0.3, 0.4) is 0 Å². The summed E-state index contributed by atoms with van der Waals surface area (Å²) >= 11 is 1.89. The van der Waals surface area contributed by atoms with Crippen LogP contribution in [0.25, 0.3) is 0 Å². The van der Waals surface area contributed by atoms with Gasteiger partial charge in [-0.15, -0.1) is 11.3 Å². The van der Waals surface area contributed by atoms with Gasteiger partial charge in [0, 0.05) is 41.3 Å². The van der Waals surface area contributed by atoms with Crippen LogP contribution in [-0.2, 0) is 22.6 Å². The second kappa shape index (κ2) is 7.31. The number of rotatable bonds is 5. The third kappa shape index (κ3) is 3.54. The van der Waals surface area contributed by atoms with Crippen LogP contribution in [0.5, 0.6) is 0 Å². The molecule has 0 amide bonds. The maximum absolute atomic E-state index is 6.31. The Labute approximate surface area is 147 Å². The molecular weight excluding hydrogens is 320 g/mol. The van der Waals surface area contributed by atoms with E-state index in [0.29, 0.717) is 12.6 Å². The Balaban J connectivity index is 1.45. The van der Waals surface area contributed by atoms with Gasteiger partial charge in [0.2, 0.25) is 0 Å². The molecule has 5 heteroatoms. The van der Waals surface area contributed by atoms with Gasteiger partial charge < -0.3 is 9.47 Å². The van der Waals surface area contributed by atoms with E-state index >= 15 is 0 Å². The maximum Gasteiger partial charge on any atom is 0.0995 e. The van der Waals surface area contributed by atoms with Crippen LogP contribution in [0.1, 0.15) is 28.2 Å². The first-order valence-corrected chi connectivity index (χ1v) is 9.53. The number of aromatic nitrogens is 1. The summed E-state index contributed by atoms with van der Waals surface area (Å²) in [6.45, 7) is 5.58. The van der Waals surface area contributed by atoms with E-state index in [9.17, 15) is 0 Å². The summed E-state index contributed by atoms with van der Waals surface area (Å²) in [5.41, 5.74) is 1.13. The summed E-state index contributed by atoms with van der Waals surface area (Å²) < 4.78 is 12.4. The van der Waals surface area contributed by atoms with Gasteiger partial charge in [0.25, 0.3) is 0 Å². The first-order valence-electron chi connectivity index (χ1n) is 8.71. The van der Waals surface area contributed by atoms with Crippen molar-refractivity contribution in [2.24, 2.45) is 0 Å². The first-order chi connectivity index (χ1) is 11.8. The standard InChI is InChI=1S/C19H24N2O2S/c1-14-4-5-16(24-14)12-21-9-10-22-18-7-6-17(21)19(18)23-13-15-3-2-8-20-11-15/h2-5,8,11,17-19H,6-7,9-10,12-13H2,1H3/t17-,18-,19+/m0/s1. The van der Waals surface area contributed by atoms with Crippen LogP contribution >= 0.6 is 11.3 Å². The van der Waals surface area contributed by atoms with Gasteiger partial charge in [0.1, 0.15) is 0 Å². The largest absolute Gasteiger partial charge is 0.374 e. The summed E-state index contributed by atoms with van der Waals surface area (Å²) in [4.78, 5) is 9.55. The Hall–Kier alpha value is -1.27. The number of pyridine rings is 1. The average molecular weight is 344 g/mol. The van der Waals surface area contributed by atoms with E-state index < -0.39 is 0 Å². The molecule has 2 fully saturated rings. The van der Waals surface area contributed by atoms with E-state index in [-0.39, 0.29) is 12.2 Å². The molecule has 0 unspecified atom stereocenters. The van der Waals surface area contributed by atoms with Crippen LogP contribution in [0.15, 0.2) is 36.7 Å². The van der Waals surface area contributed by atoms with Crippen molar-refractivity contribution in [3.8, 4) is 0 Å². The third-order valence-electron chi connectivity index (χ3n) is 4.99. The molecule has 2 aromatic heterocycles. The molecule has 1 saturated carbocycles. The second-order valence-corrected chi connectivity index (χ2v) is 8.05. The lowest BCUT2D eigenvalue weighted by atomic mass is 10.1. The number of nitrogens with zero attached hydrogens (tertiary/aromatic N) is 2. The summed E-state index contributed by atoms with van der Waals surface area (Å²) in [7, 11) is 0. The Morgan fingerprint density at radius 1 is 1.33 bits per heavy atom. The molecule has 128 valence electrons. The molecule has 2 aromatic rings. The van der Waals surface area contributed by atoms with Gasteiger partial charge in [-0.2, -0.15) is 0 Å². The predicted octanol–water partition coefficient (Wildman–Crippen LogP) is 3.40. The van der Waals surface area contributed by atoms with Crippen LogP contribution in [0.2, 0.25) is 0 Å². The molecule has 0 spiro atoms. The molecule has 1 aliphatic carbocycles. The van der Waals surface area contributed by atoms with Crippen molar-refractivity contribution in [1.29, 1.82) is 0 Å². The van der Waals surface area contributed by atoms with Gasteiger partial charge in [0.15, 0.2) is 0 Å². The molecule has 1 saturated heterocycles. The number of thiophene rings is 1. The van der Waals surface area contributed by atoms with Crippen molar-refractivity contribution >= 4 is 11.3 Å². The predicted molar refractivity (Wildman–Crippen MR) is 95.0 cm³/mol. The third-order valence-corrected chi connectivity index (χ3v) is 5.98. The highest BCUT2D eigenvalue weighted by molar-refractivity contribution is 7.11. The van der Waals surface area contributed by atoms with Crippen molar-refractivity contribution in [2.75, 3.05) is 13.2 Å². The molecule has 2 bridgehead atoms. The molecule has 4 nitrogen and oxygen atoms in total. The van der Waals surface area contributed by atoms with E-state index in [1.54, 1.807) is 6.20 Å². The minimum atomic E-state index is 0.161. The van der Waals surface area contributed by atoms with Crippen LogP contribution in [0, 0.1) is 6.92 Å².